The van der Waals surface area contributed by atoms with Crippen LogP contribution in [0.2, 0.25) is 0 Å². The Bertz CT molecular complexity index is 496. The van der Waals surface area contributed by atoms with E-state index in [4.69, 9.17) is 20.1 Å². The van der Waals surface area contributed by atoms with Crippen molar-refractivity contribution in [2.75, 3.05) is 6.61 Å². The number of hydrogen-bond donors (Lipinski definition) is 2. The summed E-state index contributed by atoms with van der Waals surface area (Å²) in [4.78, 5) is 0. The first-order chi connectivity index (χ1) is 7.31. The van der Waals surface area contributed by atoms with Gasteiger partial charge < -0.3 is 20.1 Å². The van der Waals surface area contributed by atoms with Crippen LogP contribution in [-0.2, 0) is 0 Å². The average molecular weight is 243 g/mol. The Morgan fingerprint density at radius 3 is 3.00 bits per heavy atom. The third kappa shape index (κ3) is 2.38. The second kappa shape index (κ2) is 5.27. The molecule has 86 valence electrons. The lowest BCUT2D eigenvalue weighted by molar-refractivity contribution is 0.306. The van der Waals surface area contributed by atoms with E-state index in [1.807, 2.05) is 18.2 Å². The van der Waals surface area contributed by atoms with Crippen molar-refractivity contribution in [2.24, 2.45) is 10.9 Å². The van der Waals surface area contributed by atoms with Crippen LogP contribution in [0.3, 0.4) is 0 Å². The summed E-state index contributed by atoms with van der Waals surface area (Å²) in [6.07, 6.45) is 1.58. The van der Waals surface area contributed by atoms with E-state index in [0.29, 0.717) is 11.3 Å². The summed E-state index contributed by atoms with van der Waals surface area (Å²) in [5, 5.41) is 12.1. The third-order valence-electron chi connectivity index (χ3n) is 1.95. The van der Waals surface area contributed by atoms with E-state index >= 15 is 0 Å². The predicted molar refractivity (Wildman–Crippen MR) is 62.4 cm³/mol. The molecule has 0 saturated heterocycles. The van der Waals surface area contributed by atoms with Gasteiger partial charge in [0, 0.05) is 5.39 Å². The Morgan fingerprint density at radius 2 is 2.25 bits per heavy atom. The summed E-state index contributed by atoms with van der Waals surface area (Å²) < 4.78 is 10.6. The standard InChI is InChI=1S/C10H10N2O3.ClH/c11-9(12-13)6-15-8-3-1-2-7-4-5-14-10(7)8;/h1-5,13H,6H2,(H2,11,12);1H. The highest BCUT2D eigenvalue weighted by atomic mass is 35.5. The number of ether oxygens (including phenoxy) is 1. The van der Waals surface area contributed by atoms with Gasteiger partial charge in [-0.05, 0) is 12.1 Å². The van der Waals surface area contributed by atoms with Gasteiger partial charge in [0.15, 0.2) is 17.2 Å². The zero-order chi connectivity index (χ0) is 10.7. The highest BCUT2D eigenvalue weighted by Gasteiger charge is 2.05. The molecule has 5 nitrogen and oxygen atoms in total. The molecule has 1 aromatic heterocycles. The van der Waals surface area contributed by atoms with Gasteiger partial charge in [-0.15, -0.1) is 12.4 Å². The molecule has 0 aliphatic rings. The molecule has 0 bridgehead atoms. The van der Waals surface area contributed by atoms with Crippen LogP contribution in [0.15, 0.2) is 40.1 Å². The van der Waals surface area contributed by atoms with E-state index in [9.17, 15) is 0 Å². The summed E-state index contributed by atoms with van der Waals surface area (Å²) in [7, 11) is 0. The highest BCUT2D eigenvalue weighted by Crippen LogP contribution is 2.25. The van der Waals surface area contributed by atoms with Gasteiger partial charge in [-0.25, -0.2) is 0 Å². The number of para-hydroxylation sites is 1. The SMILES string of the molecule is Cl.NC(COc1cccc2ccoc12)=NO. The van der Waals surface area contributed by atoms with Gasteiger partial charge in [0.25, 0.3) is 0 Å². The van der Waals surface area contributed by atoms with E-state index in [-0.39, 0.29) is 24.8 Å². The van der Waals surface area contributed by atoms with E-state index < -0.39 is 0 Å². The largest absolute Gasteiger partial charge is 0.482 e. The molecule has 1 heterocycles. The molecule has 0 aliphatic carbocycles. The molecule has 0 saturated carbocycles. The highest BCUT2D eigenvalue weighted by molar-refractivity contribution is 5.85. The normalized spacial score (nSPS) is 11.1. The van der Waals surface area contributed by atoms with E-state index in [0.717, 1.165) is 5.39 Å². The van der Waals surface area contributed by atoms with Crippen LogP contribution in [-0.4, -0.2) is 17.6 Å². The average Bonchev–Trinajstić information content (AvgIpc) is 2.74. The van der Waals surface area contributed by atoms with Gasteiger partial charge in [-0.2, -0.15) is 0 Å². The van der Waals surface area contributed by atoms with Crippen molar-refractivity contribution in [1.82, 2.24) is 0 Å². The Morgan fingerprint density at radius 1 is 1.44 bits per heavy atom. The number of furan rings is 1. The molecule has 0 amide bonds. The Labute approximate surface area is 97.9 Å². The first-order valence-electron chi connectivity index (χ1n) is 4.36. The first kappa shape index (κ1) is 12.2. The fraction of sp³-hybridized carbons (Fsp3) is 0.100. The first-order valence-corrected chi connectivity index (χ1v) is 4.36. The summed E-state index contributed by atoms with van der Waals surface area (Å²) in [5.41, 5.74) is 5.94. The molecule has 0 radical (unpaired) electrons. The molecular formula is C10H11ClN2O3. The zero-order valence-corrected chi connectivity index (χ0v) is 9.11. The number of oxime groups is 1. The molecule has 0 fully saturated rings. The third-order valence-corrected chi connectivity index (χ3v) is 1.95. The lowest BCUT2D eigenvalue weighted by Crippen LogP contribution is -2.20. The van der Waals surface area contributed by atoms with Crippen LogP contribution in [0.4, 0.5) is 0 Å². The summed E-state index contributed by atoms with van der Waals surface area (Å²) in [6, 6.07) is 7.36. The molecule has 6 heteroatoms. The maximum Gasteiger partial charge on any atom is 0.177 e. The molecule has 2 aromatic rings. The maximum absolute atomic E-state index is 8.35. The number of hydrogen-bond acceptors (Lipinski definition) is 4. The molecule has 1 aromatic carbocycles. The van der Waals surface area contributed by atoms with Crippen LogP contribution in [0.1, 0.15) is 0 Å². The number of fused-ring (bicyclic) bond motifs is 1. The van der Waals surface area contributed by atoms with E-state index in [1.54, 1.807) is 12.3 Å². The number of nitrogens with zero attached hydrogens (tertiary/aromatic N) is 1. The lowest BCUT2D eigenvalue weighted by Gasteiger charge is -2.04. The molecule has 3 N–H and O–H groups in total. The van der Waals surface area contributed by atoms with Crippen LogP contribution in [0.25, 0.3) is 11.0 Å². The fourth-order valence-corrected chi connectivity index (χ4v) is 1.26. The van der Waals surface area contributed by atoms with Crippen LogP contribution in [0, 0.1) is 0 Å². The minimum absolute atomic E-state index is 0. The van der Waals surface area contributed by atoms with Gasteiger partial charge in [0.1, 0.15) is 6.61 Å². The van der Waals surface area contributed by atoms with Crippen molar-refractivity contribution in [1.29, 1.82) is 0 Å². The molecule has 2 rings (SSSR count). The van der Waals surface area contributed by atoms with Crippen molar-refractivity contribution in [2.45, 2.75) is 0 Å². The number of nitrogens with two attached hydrogens (primary N) is 1. The quantitative estimate of drug-likeness (QED) is 0.373. The van der Waals surface area contributed by atoms with Crippen molar-refractivity contribution in [3.8, 4) is 5.75 Å². The second-order valence-corrected chi connectivity index (χ2v) is 2.98. The van der Waals surface area contributed by atoms with Crippen molar-refractivity contribution >= 4 is 29.2 Å². The minimum Gasteiger partial charge on any atom is -0.482 e. The monoisotopic (exact) mass is 242 g/mol. The number of benzene rings is 1. The predicted octanol–water partition coefficient (Wildman–Crippen LogP) is 1.98. The molecule has 0 aliphatic heterocycles. The van der Waals surface area contributed by atoms with Gasteiger partial charge in [-0.1, -0.05) is 17.3 Å². The molecule has 0 spiro atoms. The smallest absolute Gasteiger partial charge is 0.177 e. The van der Waals surface area contributed by atoms with Crippen LogP contribution >= 0.6 is 12.4 Å². The molecule has 0 atom stereocenters. The zero-order valence-electron chi connectivity index (χ0n) is 8.29. The van der Waals surface area contributed by atoms with Crippen molar-refractivity contribution in [3.05, 3.63) is 30.5 Å². The van der Waals surface area contributed by atoms with Crippen molar-refractivity contribution < 1.29 is 14.4 Å². The van der Waals surface area contributed by atoms with Crippen LogP contribution < -0.4 is 10.5 Å². The van der Waals surface area contributed by atoms with E-state index in [1.165, 1.54) is 0 Å². The second-order valence-electron chi connectivity index (χ2n) is 2.98. The summed E-state index contributed by atoms with van der Waals surface area (Å²) in [5.74, 6) is 0.586. The lowest BCUT2D eigenvalue weighted by atomic mass is 10.2. The Hall–Kier alpha value is -1.88. The molecular weight excluding hydrogens is 232 g/mol. The molecule has 16 heavy (non-hydrogen) atoms. The summed E-state index contributed by atoms with van der Waals surface area (Å²) in [6.45, 7) is 0.0241. The molecule has 0 unspecified atom stereocenters. The minimum atomic E-state index is 0. The van der Waals surface area contributed by atoms with Gasteiger partial charge in [-0.3, -0.25) is 0 Å². The van der Waals surface area contributed by atoms with Crippen LogP contribution in [0.5, 0.6) is 5.75 Å². The topological polar surface area (TPSA) is 81.0 Å². The van der Waals surface area contributed by atoms with E-state index in [2.05, 4.69) is 5.16 Å². The number of rotatable bonds is 3. The van der Waals surface area contributed by atoms with Gasteiger partial charge >= 0.3 is 0 Å². The van der Waals surface area contributed by atoms with Gasteiger partial charge in [0.2, 0.25) is 0 Å². The Kier molecular flexibility index (Phi) is 4.02. The Balaban J connectivity index is 0.00000128. The van der Waals surface area contributed by atoms with Gasteiger partial charge in [0.05, 0.1) is 6.26 Å². The number of halogens is 1. The maximum atomic E-state index is 8.35. The fourth-order valence-electron chi connectivity index (χ4n) is 1.26. The van der Waals surface area contributed by atoms with Crippen molar-refractivity contribution in [3.63, 3.8) is 0 Å². The number of amidine groups is 1. The summed E-state index contributed by atoms with van der Waals surface area (Å²) >= 11 is 0.